The predicted molar refractivity (Wildman–Crippen MR) is 89.5 cm³/mol. The van der Waals surface area contributed by atoms with E-state index in [0.717, 1.165) is 36.2 Å². The third-order valence-electron chi connectivity index (χ3n) is 4.23. The molecule has 2 N–H and O–H groups in total. The quantitative estimate of drug-likeness (QED) is 0.765. The largest absolute Gasteiger partial charge is 0.309 e. The molecule has 0 bridgehead atoms. The highest BCUT2D eigenvalue weighted by Crippen LogP contribution is 2.25. The van der Waals surface area contributed by atoms with Gasteiger partial charge in [-0.1, -0.05) is 0 Å². The highest BCUT2D eigenvalue weighted by atomic mass is 32.1. The fraction of sp³-hybridized carbons (Fsp3) is 0.400. The Bertz CT molecular complexity index is 876. The fourth-order valence-electron chi connectivity index (χ4n) is 3.15. The molecule has 4 rings (SSSR count). The molecule has 0 fully saturated rings. The number of hydrogen-bond acceptors (Lipinski definition) is 5. The third kappa shape index (κ3) is 2.53. The zero-order chi connectivity index (χ0) is 16.0. The van der Waals surface area contributed by atoms with E-state index in [0.29, 0.717) is 12.4 Å². The highest BCUT2D eigenvalue weighted by Gasteiger charge is 2.21. The molecule has 23 heavy (non-hydrogen) atoms. The lowest BCUT2D eigenvalue weighted by molar-refractivity contribution is -0.117. The summed E-state index contributed by atoms with van der Waals surface area (Å²) in [5.41, 5.74) is 2.95. The molecule has 0 unspecified atom stereocenters. The Morgan fingerprint density at radius 1 is 1.52 bits per heavy atom. The number of carbonyl (C=O) groups is 1. The molecule has 8 heteroatoms. The smallest absolute Gasteiger partial charge is 0.239 e. The van der Waals surface area contributed by atoms with Crippen molar-refractivity contribution in [1.29, 1.82) is 0 Å². The summed E-state index contributed by atoms with van der Waals surface area (Å²) in [5, 5.41) is 17.4. The second kappa shape index (κ2) is 5.47. The molecular formula is C15H18N6OS. The average Bonchev–Trinajstić information content (AvgIpc) is 3.18. The lowest BCUT2D eigenvalue weighted by atomic mass is 10.1. The van der Waals surface area contributed by atoms with Crippen molar-refractivity contribution in [3.63, 3.8) is 0 Å². The molecule has 0 saturated carbocycles. The summed E-state index contributed by atoms with van der Waals surface area (Å²) in [6, 6.07) is 2.15. The number of nitrogens with one attached hydrogen (secondary N) is 2. The first-order chi connectivity index (χ1) is 11.1. The summed E-state index contributed by atoms with van der Waals surface area (Å²) in [6.07, 6.45) is 1.02. The molecule has 0 atom stereocenters. The first-order valence-corrected chi connectivity index (χ1v) is 8.45. The normalized spacial score (nSPS) is 15.0. The van der Waals surface area contributed by atoms with Gasteiger partial charge in [-0.05, 0) is 30.4 Å². The first-order valence-electron chi connectivity index (χ1n) is 7.57. The van der Waals surface area contributed by atoms with Crippen LogP contribution in [0.5, 0.6) is 0 Å². The zero-order valence-electron chi connectivity index (χ0n) is 13.1. The molecule has 3 aromatic rings. The Morgan fingerprint density at radius 2 is 2.39 bits per heavy atom. The Kier molecular flexibility index (Phi) is 3.42. The van der Waals surface area contributed by atoms with Gasteiger partial charge in [-0.15, -0.1) is 11.3 Å². The third-order valence-corrected chi connectivity index (χ3v) is 5.26. The van der Waals surface area contributed by atoms with E-state index in [9.17, 15) is 4.79 Å². The Morgan fingerprint density at radius 3 is 3.26 bits per heavy atom. The van der Waals surface area contributed by atoms with Crippen LogP contribution < -0.4 is 5.32 Å². The topological polar surface area (TPSA) is 78.8 Å². The summed E-state index contributed by atoms with van der Waals surface area (Å²) in [4.78, 5) is 16.0. The van der Waals surface area contributed by atoms with Crippen LogP contribution >= 0.6 is 11.3 Å². The van der Waals surface area contributed by atoms with Crippen molar-refractivity contribution in [2.45, 2.75) is 19.9 Å². The van der Waals surface area contributed by atoms with E-state index in [4.69, 9.17) is 0 Å². The number of aromatic nitrogens is 4. The number of aryl methyl sites for hydroxylation is 2. The Hall–Kier alpha value is -2.19. The van der Waals surface area contributed by atoms with E-state index in [2.05, 4.69) is 37.0 Å². The number of rotatable bonds is 3. The minimum absolute atomic E-state index is 0.0301. The lowest BCUT2D eigenvalue weighted by Crippen LogP contribution is -2.36. The molecule has 1 aliphatic heterocycles. The van der Waals surface area contributed by atoms with Crippen molar-refractivity contribution >= 4 is 34.1 Å². The minimum atomic E-state index is -0.0301. The van der Waals surface area contributed by atoms with Gasteiger partial charge < -0.3 is 5.32 Å². The Labute approximate surface area is 137 Å². The van der Waals surface area contributed by atoms with Gasteiger partial charge in [0.15, 0.2) is 5.65 Å². The van der Waals surface area contributed by atoms with Crippen LogP contribution in [0.25, 0.3) is 11.0 Å². The number of fused-ring (bicyclic) bond motifs is 2. The van der Waals surface area contributed by atoms with Gasteiger partial charge in [0.05, 0.1) is 17.6 Å². The number of nitrogens with zero attached hydrogens (tertiary/aromatic N) is 4. The summed E-state index contributed by atoms with van der Waals surface area (Å²) in [7, 11) is 1.84. The van der Waals surface area contributed by atoms with E-state index in [1.165, 1.54) is 10.4 Å². The van der Waals surface area contributed by atoms with E-state index in [-0.39, 0.29) is 5.91 Å². The van der Waals surface area contributed by atoms with E-state index in [1.807, 2.05) is 14.0 Å². The van der Waals surface area contributed by atoms with Crippen molar-refractivity contribution in [3.05, 3.63) is 27.6 Å². The zero-order valence-corrected chi connectivity index (χ0v) is 13.9. The van der Waals surface area contributed by atoms with Crippen LogP contribution in [-0.4, -0.2) is 43.9 Å². The van der Waals surface area contributed by atoms with E-state index in [1.54, 1.807) is 16.0 Å². The van der Waals surface area contributed by atoms with Gasteiger partial charge in [0.25, 0.3) is 0 Å². The van der Waals surface area contributed by atoms with Crippen LogP contribution in [0.2, 0.25) is 0 Å². The van der Waals surface area contributed by atoms with E-state index < -0.39 is 0 Å². The Balaban J connectivity index is 1.46. The van der Waals surface area contributed by atoms with Crippen molar-refractivity contribution in [3.8, 4) is 0 Å². The van der Waals surface area contributed by atoms with Crippen molar-refractivity contribution < 1.29 is 4.79 Å². The average molecular weight is 330 g/mol. The maximum absolute atomic E-state index is 12.4. The molecule has 0 saturated heterocycles. The molecule has 1 aliphatic rings. The molecule has 1 amide bonds. The second-order valence-corrected chi connectivity index (χ2v) is 6.88. The van der Waals surface area contributed by atoms with Crippen molar-refractivity contribution in [1.82, 2.24) is 24.9 Å². The number of H-pyrrole nitrogens is 1. The van der Waals surface area contributed by atoms with Crippen LogP contribution in [0.1, 0.15) is 16.1 Å². The molecule has 7 nitrogen and oxygen atoms in total. The number of anilines is 1. The maximum atomic E-state index is 12.4. The molecule has 4 heterocycles. The van der Waals surface area contributed by atoms with Crippen LogP contribution in [-0.2, 0) is 24.8 Å². The van der Waals surface area contributed by atoms with Crippen LogP contribution in [0.4, 0.5) is 5.82 Å². The van der Waals surface area contributed by atoms with Gasteiger partial charge in [0, 0.05) is 25.0 Å². The SMILES string of the molecule is Cc1nn(C)c2n[nH]c(NC(=O)CN3CCc4sccc4C3)c12. The number of amides is 1. The van der Waals surface area contributed by atoms with Gasteiger partial charge in [-0.25, -0.2) is 4.68 Å². The summed E-state index contributed by atoms with van der Waals surface area (Å²) >= 11 is 1.81. The predicted octanol–water partition coefficient (Wildman–Crippen LogP) is 1.66. The molecule has 0 aromatic carbocycles. The lowest BCUT2D eigenvalue weighted by Gasteiger charge is -2.25. The first kappa shape index (κ1) is 14.4. The van der Waals surface area contributed by atoms with Gasteiger partial charge in [0.2, 0.25) is 5.91 Å². The molecule has 0 spiro atoms. The van der Waals surface area contributed by atoms with Crippen molar-refractivity contribution in [2.75, 3.05) is 18.4 Å². The summed E-state index contributed by atoms with van der Waals surface area (Å²) in [6.45, 7) is 4.06. The van der Waals surface area contributed by atoms with Crippen LogP contribution in [0.3, 0.4) is 0 Å². The maximum Gasteiger partial charge on any atom is 0.239 e. The monoisotopic (exact) mass is 330 g/mol. The molecule has 3 aromatic heterocycles. The summed E-state index contributed by atoms with van der Waals surface area (Å²) in [5.74, 6) is 0.598. The number of hydrogen-bond donors (Lipinski definition) is 2. The van der Waals surface area contributed by atoms with Gasteiger partial charge >= 0.3 is 0 Å². The van der Waals surface area contributed by atoms with Gasteiger partial charge in [0.1, 0.15) is 5.82 Å². The number of aromatic amines is 1. The standard InChI is InChI=1S/C15H18N6OS/c1-9-13-14(17-18-15(13)20(2)19-9)16-12(22)8-21-5-3-11-10(7-21)4-6-23-11/h4,6H,3,5,7-8H2,1-2H3,(H2,16,17,18,22). The molecule has 120 valence electrons. The fourth-order valence-corrected chi connectivity index (χ4v) is 4.04. The minimum Gasteiger partial charge on any atom is -0.309 e. The second-order valence-electron chi connectivity index (χ2n) is 5.88. The van der Waals surface area contributed by atoms with Gasteiger partial charge in [-0.3, -0.25) is 14.8 Å². The highest BCUT2D eigenvalue weighted by molar-refractivity contribution is 7.10. The van der Waals surface area contributed by atoms with E-state index >= 15 is 0 Å². The van der Waals surface area contributed by atoms with Crippen molar-refractivity contribution in [2.24, 2.45) is 7.05 Å². The van der Waals surface area contributed by atoms with Gasteiger partial charge in [-0.2, -0.15) is 10.2 Å². The van der Waals surface area contributed by atoms with Crippen LogP contribution in [0, 0.1) is 6.92 Å². The molecule has 0 radical (unpaired) electrons. The molecule has 0 aliphatic carbocycles. The number of thiophene rings is 1. The molecular weight excluding hydrogens is 312 g/mol. The van der Waals surface area contributed by atoms with Crippen LogP contribution in [0.15, 0.2) is 11.4 Å². The number of carbonyl (C=O) groups excluding carboxylic acids is 1. The summed E-state index contributed by atoms with van der Waals surface area (Å²) < 4.78 is 1.71.